The molecule has 2 atom stereocenters. The van der Waals surface area contributed by atoms with E-state index in [1.54, 1.807) is 0 Å². The molecule has 0 amide bonds. The first-order valence-corrected chi connectivity index (χ1v) is 6.31. The van der Waals surface area contributed by atoms with Gasteiger partial charge in [0.25, 0.3) is 0 Å². The molecule has 2 nitrogen and oxygen atoms in total. The van der Waals surface area contributed by atoms with Gasteiger partial charge in [0.1, 0.15) is 0 Å². The highest BCUT2D eigenvalue weighted by atomic mass is 32.2. The topological polar surface area (TPSA) is 21.3 Å². The van der Waals surface area contributed by atoms with Crippen LogP contribution >= 0.6 is 11.8 Å². The Morgan fingerprint density at radius 3 is 3.08 bits per heavy atom. The molecule has 1 N–H and O–H groups in total. The van der Waals surface area contributed by atoms with Gasteiger partial charge in [0.15, 0.2) is 0 Å². The van der Waals surface area contributed by atoms with E-state index in [9.17, 15) is 0 Å². The molecule has 0 aromatic carbocycles. The summed E-state index contributed by atoms with van der Waals surface area (Å²) in [5.74, 6) is 1.17. The van der Waals surface area contributed by atoms with E-state index in [-0.39, 0.29) is 0 Å². The maximum Gasteiger partial charge on any atom is 0.0666 e. The molecule has 0 aliphatic carbocycles. The van der Waals surface area contributed by atoms with Crippen LogP contribution in [0.2, 0.25) is 0 Å². The van der Waals surface area contributed by atoms with Crippen molar-refractivity contribution in [2.45, 2.75) is 38.0 Å². The van der Waals surface area contributed by atoms with Crippen LogP contribution in [0.25, 0.3) is 0 Å². The van der Waals surface area contributed by atoms with Crippen molar-refractivity contribution in [3.05, 3.63) is 0 Å². The van der Waals surface area contributed by atoms with E-state index < -0.39 is 0 Å². The Kier molecular flexibility index (Phi) is 5.83. The predicted molar refractivity (Wildman–Crippen MR) is 59.4 cm³/mol. The van der Waals surface area contributed by atoms with Gasteiger partial charge in [-0.3, -0.25) is 0 Å². The Hall–Kier alpha value is 0.270. The molecule has 1 heterocycles. The summed E-state index contributed by atoms with van der Waals surface area (Å²) < 4.78 is 5.57. The first-order valence-electron chi connectivity index (χ1n) is 5.27. The largest absolute Gasteiger partial charge is 0.377 e. The van der Waals surface area contributed by atoms with Crippen molar-refractivity contribution >= 4 is 11.8 Å². The summed E-state index contributed by atoms with van der Waals surface area (Å²) in [7, 11) is 0. The zero-order chi connectivity index (χ0) is 9.52. The number of nitrogens with one attached hydrogen (secondary N) is 1. The summed E-state index contributed by atoms with van der Waals surface area (Å²) in [6, 6.07) is 0. The van der Waals surface area contributed by atoms with Crippen LogP contribution in [0.5, 0.6) is 0 Å². The smallest absolute Gasteiger partial charge is 0.0666 e. The molecule has 3 heteroatoms. The van der Waals surface area contributed by atoms with Crippen LogP contribution in [0, 0.1) is 0 Å². The van der Waals surface area contributed by atoms with E-state index >= 15 is 0 Å². The van der Waals surface area contributed by atoms with Gasteiger partial charge in [-0.1, -0.05) is 13.8 Å². The Bertz CT molecular complexity index is 126. The Labute approximate surface area is 85.8 Å². The van der Waals surface area contributed by atoms with Gasteiger partial charge in [-0.15, -0.1) is 0 Å². The van der Waals surface area contributed by atoms with Crippen LogP contribution in [0.1, 0.15) is 26.7 Å². The fourth-order valence-corrected chi connectivity index (χ4v) is 2.50. The van der Waals surface area contributed by atoms with Gasteiger partial charge in [-0.05, 0) is 19.4 Å². The van der Waals surface area contributed by atoms with E-state index in [0.717, 1.165) is 19.7 Å². The van der Waals surface area contributed by atoms with Crippen molar-refractivity contribution in [3.8, 4) is 0 Å². The molecule has 1 aliphatic rings. The lowest BCUT2D eigenvalue weighted by Gasteiger charge is -2.14. The van der Waals surface area contributed by atoms with E-state index in [1.165, 1.54) is 18.6 Å². The average molecular weight is 203 g/mol. The molecule has 0 spiro atoms. The molecule has 0 aromatic rings. The van der Waals surface area contributed by atoms with Crippen molar-refractivity contribution in [2.24, 2.45) is 0 Å². The average Bonchev–Trinajstić information content (AvgIpc) is 2.64. The maximum atomic E-state index is 5.57. The molecule has 0 saturated carbocycles. The number of hydrogen-bond donors (Lipinski definition) is 1. The van der Waals surface area contributed by atoms with Gasteiger partial charge in [0, 0.05) is 24.2 Å². The summed E-state index contributed by atoms with van der Waals surface area (Å²) >= 11 is 2.03. The lowest BCUT2D eigenvalue weighted by Crippen LogP contribution is -2.23. The maximum absolute atomic E-state index is 5.57. The van der Waals surface area contributed by atoms with Gasteiger partial charge >= 0.3 is 0 Å². The summed E-state index contributed by atoms with van der Waals surface area (Å²) in [5, 5.41) is 4.07. The normalized spacial score (nSPS) is 24.9. The van der Waals surface area contributed by atoms with Crippen LogP contribution in [0.3, 0.4) is 0 Å². The van der Waals surface area contributed by atoms with Gasteiger partial charge in [0.05, 0.1) is 6.10 Å². The van der Waals surface area contributed by atoms with Crippen LogP contribution in [0.15, 0.2) is 0 Å². The third-order valence-electron chi connectivity index (χ3n) is 2.27. The second-order valence-corrected chi connectivity index (χ2v) is 5.06. The van der Waals surface area contributed by atoms with Gasteiger partial charge in [0.2, 0.25) is 0 Å². The summed E-state index contributed by atoms with van der Waals surface area (Å²) in [6.45, 7) is 7.60. The Morgan fingerprint density at radius 1 is 1.62 bits per heavy atom. The van der Waals surface area contributed by atoms with Crippen LogP contribution in [-0.4, -0.2) is 36.8 Å². The molecule has 78 valence electrons. The van der Waals surface area contributed by atoms with E-state index in [2.05, 4.69) is 19.2 Å². The molecule has 0 bridgehead atoms. The Balaban J connectivity index is 1.97. The van der Waals surface area contributed by atoms with Crippen molar-refractivity contribution in [2.75, 3.05) is 25.4 Å². The van der Waals surface area contributed by atoms with Crippen molar-refractivity contribution in [1.82, 2.24) is 5.32 Å². The lowest BCUT2D eigenvalue weighted by atomic mass is 10.3. The molecule has 0 aromatic heterocycles. The lowest BCUT2D eigenvalue weighted by molar-refractivity contribution is 0.129. The molecule has 1 fully saturated rings. The molecular weight excluding hydrogens is 182 g/mol. The molecule has 13 heavy (non-hydrogen) atoms. The third-order valence-corrected chi connectivity index (χ3v) is 3.57. The fourth-order valence-electron chi connectivity index (χ4n) is 1.45. The molecule has 1 saturated heterocycles. The number of ether oxygens (including phenoxy) is 1. The Morgan fingerprint density at radius 2 is 2.46 bits per heavy atom. The quantitative estimate of drug-likeness (QED) is 0.712. The first-order chi connectivity index (χ1) is 6.33. The molecule has 1 rings (SSSR count). The minimum atomic E-state index is 0.536. The highest BCUT2D eigenvalue weighted by Gasteiger charge is 2.16. The number of thioether (sulfide) groups is 1. The van der Waals surface area contributed by atoms with E-state index in [0.29, 0.717) is 11.4 Å². The monoisotopic (exact) mass is 203 g/mol. The summed E-state index contributed by atoms with van der Waals surface area (Å²) in [5.41, 5.74) is 0. The fraction of sp³-hybridized carbons (Fsp3) is 1.00. The van der Waals surface area contributed by atoms with E-state index in [1.807, 2.05) is 11.8 Å². The van der Waals surface area contributed by atoms with Crippen molar-refractivity contribution in [1.29, 1.82) is 0 Å². The third kappa shape index (κ3) is 4.89. The minimum Gasteiger partial charge on any atom is -0.377 e. The van der Waals surface area contributed by atoms with Crippen molar-refractivity contribution < 1.29 is 4.74 Å². The number of hydrogen-bond acceptors (Lipinski definition) is 3. The zero-order valence-corrected chi connectivity index (χ0v) is 9.53. The molecule has 1 aliphatic heterocycles. The van der Waals surface area contributed by atoms with Gasteiger partial charge in [-0.2, -0.15) is 11.8 Å². The highest BCUT2D eigenvalue weighted by Crippen LogP contribution is 2.19. The molecule has 0 radical (unpaired) electrons. The standard InChI is InChI=1S/C10H21NOS/c1-3-11-7-9(2)13-8-10-5-4-6-12-10/h9-11H,3-8H2,1-2H3. The van der Waals surface area contributed by atoms with Gasteiger partial charge < -0.3 is 10.1 Å². The second kappa shape index (κ2) is 6.68. The summed E-state index contributed by atoms with van der Waals surface area (Å²) in [6.07, 6.45) is 3.06. The zero-order valence-electron chi connectivity index (χ0n) is 8.71. The second-order valence-electron chi connectivity index (χ2n) is 3.59. The van der Waals surface area contributed by atoms with Crippen LogP contribution in [0.4, 0.5) is 0 Å². The molecular formula is C10H21NOS. The first kappa shape index (κ1) is 11.3. The van der Waals surface area contributed by atoms with Crippen LogP contribution in [-0.2, 0) is 4.74 Å². The minimum absolute atomic E-state index is 0.536. The highest BCUT2D eigenvalue weighted by molar-refractivity contribution is 7.99. The SMILES string of the molecule is CCNCC(C)SCC1CCCO1. The van der Waals surface area contributed by atoms with Crippen LogP contribution < -0.4 is 5.32 Å². The van der Waals surface area contributed by atoms with Gasteiger partial charge in [-0.25, -0.2) is 0 Å². The molecule has 2 unspecified atom stereocenters. The predicted octanol–water partition coefficient (Wildman–Crippen LogP) is 1.90. The van der Waals surface area contributed by atoms with Crippen molar-refractivity contribution in [3.63, 3.8) is 0 Å². The van der Waals surface area contributed by atoms with E-state index in [4.69, 9.17) is 4.74 Å². The summed E-state index contributed by atoms with van der Waals surface area (Å²) in [4.78, 5) is 0. The number of rotatable bonds is 6.